The standard InChI is InChI=1S/C19H21FN2O2.ClH/c20-16-8-4-7-15(11-16)18-13-22(9-10-24-18)19(23)12-17(21)14-5-2-1-3-6-14;/h1-8,11,17-18H,9-10,12-13,21H2;1H. The molecule has 0 radical (unpaired) electrons. The Bertz CT molecular complexity index is 699. The SMILES string of the molecule is Cl.NC(CC(=O)N1CCOC(c2cccc(F)c2)C1)c1ccccc1. The molecule has 2 aromatic rings. The van der Waals surface area contributed by atoms with Crippen LogP contribution in [0.2, 0.25) is 0 Å². The number of nitrogens with zero attached hydrogens (tertiary/aromatic N) is 1. The lowest BCUT2D eigenvalue weighted by Crippen LogP contribution is -2.43. The van der Waals surface area contributed by atoms with Crippen LogP contribution in [0, 0.1) is 5.82 Å². The van der Waals surface area contributed by atoms with Crippen LogP contribution in [0.1, 0.15) is 29.7 Å². The van der Waals surface area contributed by atoms with Gasteiger partial charge in [0.1, 0.15) is 11.9 Å². The van der Waals surface area contributed by atoms with Gasteiger partial charge in [-0.05, 0) is 23.3 Å². The summed E-state index contributed by atoms with van der Waals surface area (Å²) in [5, 5.41) is 0. The van der Waals surface area contributed by atoms with Crippen molar-refractivity contribution in [1.82, 2.24) is 4.90 Å². The Labute approximate surface area is 153 Å². The quantitative estimate of drug-likeness (QED) is 0.906. The number of carbonyl (C=O) groups is 1. The molecule has 4 nitrogen and oxygen atoms in total. The number of hydrogen-bond donors (Lipinski definition) is 1. The van der Waals surface area contributed by atoms with E-state index in [2.05, 4.69) is 0 Å². The third-order valence-corrected chi connectivity index (χ3v) is 4.26. The Morgan fingerprint density at radius 1 is 1.24 bits per heavy atom. The largest absolute Gasteiger partial charge is 0.370 e. The van der Waals surface area contributed by atoms with Crippen LogP contribution in [0.3, 0.4) is 0 Å². The fourth-order valence-electron chi connectivity index (χ4n) is 2.92. The van der Waals surface area contributed by atoms with E-state index in [1.165, 1.54) is 12.1 Å². The maximum atomic E-state index is 13.4. The zero-order valence-corrected chi connectivity index (χ0v) is 14.6. The Kier molecular flexibility index (Phi) is 6.93. The number of rotatable bonds is 4. The molecule has 3 rings (SSSR count). The van der Waals surface area contributed by atoms with Crippen molar-refractivity contribution in [3.8, 4) is 0 Å². The molecule has 0 saturated carbocycles. The molecule has 1 aliphatic heterocycles. The van der Waals surface area contributed by atoms with Gasteiger partial charge in [0.05, 0.1) is 13.2 Å². The van der Waals surface area contributed by atoms with Gasteiger partial charge in [-0.25, -0.2) is 4.39 Å². The molecule has 1 fully saturated rings. The molecule has 25 heavy (non-hydrogen) atoms. The summed E-state index contributed by atoms with van der Waals surface area (Å²) in [6.07, 6.45) is -0.0498. The minimum Gasteiger partial charge on any atom is -0.370 e. The summed E-state index contributed by atoms with van der Waals surface area (Å²) >= 11 is 0. The highest BCUT2D eigenvalue weighted by Crippen LogP contribution is 2.24. The Morgan fingerprint density at radius 3 is 2.72 bits per heavy atom. The predicted molar refractivity (Wildman–Crippen MR) is 96.9 cm³/mol. The predicted octanol–water partition coefficient (Wildman–Crippen LogP) is 3.24. The molecule has 2 unspecified atom stereocenters. The maximum absolute atomic E-state index is 13.4. The molecule has 2 atom stereocenters. The number of morpholine rings is 1. The second-order valence-electron chi connectivity index (χ2n) is 5.98. The Balaban J connectivity index is 0.00000225. The van der Waals surface area contributed by atoms with Crippen LogP contribution in [0.5, 0.6) is 0 Å². The highest BCUT2D eigenvalue weighted by Gasteiger charge is 2.26. The van der Waals surface area contributed by atoms with Gasteiger partial charge in [0.15, 0.2) is 0 Å². The average molecular weight is 365 g/mol. The smallest absolute Gasteiger partial charge is 0.224 e. The zero-order valence-electron chi connectivity index (χ0n) is 13.8. The number of ether oxygens (including phenoxy) is 1. The topological polar surface area (TPSA) is 55.6 Å². The first-order chi connectivity index (χ1) is 11.6. The molecule has 134 valence electrons. The molecule has 1 aliphatic rings. The lowest BCUT2D eigenvalue weighted by atomic mass is 10.0. The fourth-order valence-corrected chi connectivity index (χ4v) is 2.92. The highest BCUT2D eigenvalue weighted by molar-refractivity contribution is 5.85. The number of hydrogen-bond acceptors (Lipinski definition) is 3. The summed E-state index contributed by atoms with van der Waals surface area (Å²) in [4.78, 5) is 14.3. The number of amides is 1. The Hall–Kier alpha value is -1.95. The summed E-state index contributed by atoms with van der Waals surface area (Å²) in [6.45, 7) is 1.39. The summed E-state index contributed by atoms with van der Waals surface area (Å²) in [5.41, 5.74) is 7.83. The van der Waals surface area contributed by atoms with Crippen LogP contribution in [0.25, 0.3) is 0 Å². The molecule has 2 N–H and O–H groups in total. The first-order valence-corrected chi connectivity index (χ1v) is 8.09. The van der Waals surface area contributed by atoms with E-state index in [1.807, 2.05) is 36.4 Å². The molecule has 1 heterocycles. The monoisotopic (exact) mass is 364 g/mol. The van der Waals surface area contributed by atoms with Crippen molar-refractivity contribution in [2.45, 2.75) is 18.6 Å². The van der Waals surface area contributed by atoms with E-state index < -0.39 is 0 Å². The molecule has 6 heteroatoms. The summed E-state index contributed by atoms with van der Waals surface area (Å²) in [6, 6.07) is 15.6. The molecule has 0 aromatic heterocycles. The van der Waals surface area contributed by atoms with Gasteiger partial charge in [0.2, 0.25) is 5.91 Å². The number of nitrogens with two attached hydrogens (primary N) is 1. The van der Waals surface area contributed by atoms with Crippen molar-refractivity contribution in [2.24, 2.45) is 5.73 Å². The van der Waals surface area contributed by atoms with Crippen LogP contribution in [0.15, 0.2) is 54.6 Å². The van der Waals surface area contributed by atoms with Crippen LogP contribution in [-0.2, 0) is 9.53 Å². The lowest BCUT2D eigenvalue weighted by molar-refractivity contribution is -0.139. The number of halogens is 2. The van der Waals surface area contributed by atoms with E-state index in [9.17, 15) is 9.18 Å². The van der Waals surface area contributed by atoms with E-state index in [-0.39, 0.29) is 42.7 Å². The highest BCUT2D eigenvalue weighted by atomic mass is 35.5. The van der Waals surface area contributed by atoms with Gasteiger partial charge in [-0.1, -0.05) is 42.5 Å². The van der Waals surface area contributed by atoms with Gasteiger partial charge < -0.3 is 15.4 Å². The average Bonchev–Trinajstić information content (AvgIpc) is 2.62. The zero-order chi connectivity index (χ0) is 16.9. The second-order valence-corrected chi connectivity index (χ2v) is 5.98. The van der Waals surface area contributed by atoms with E-state index in [1.54, 1.807) is 11.0 Å². The van der Waals surface area contributed by atoms with E-state index in [0.717, 1.165) is 11.1 Å². The van der Waals surface area contributed by atoms with Gasteiger partial charge in [0.25, 0.3) is 0 Å². The normalized spacial score (nSPS) is 18.3. The van der Waals surface area contributed by atoms with Crippen LogP contribution >= 0.6 is 12.4 Å². The molecule has 0 aliphatic carbocycles. The number of benzene rings is 2. The van der Waals surface area contributed by atoms with Gasteiger partial charge in [-0.3, -0.25) is 4.79 Å². The van der Waals surface area contributed by atoms with Gasteiger partial charge in [-0.15, -0.1) is 12.4 Å². The lowest BCUT2D eigenvalue weighted by Gasteiger charge is -2.33. The molecule has 0 bridgehead atoms. The third kappa shape index (κ3) is 5.01. The summed E-state index contributed by atoms with van der Waals surface area (Å²) < 4.78 is 19.1. The van der Waals surface area contributed by atoms with E-state index >= 15 is 0 Å². The molecular formula is C19H22ClFN2O2. The molecular weight excluding hydrogens is 343 g/mol. The summed E-state index contributed by atoms with van der Waals surface area (Å²) in [7, 11) is 0. The second kappa shape index (κ2) is 8.94. The van der Waals surface area contributed by atoms with Crippen molar-refractivity contribution in [3.63, 3.8) is 0 Å². The molecule has 2 aromatic carbocycles. The summed E-state index contributed by atoms with van der Waals surface area (Å²) in [5.74, 6) is -0.304. The minimum absolute atomic E-state index is 0. The maximum Gasteiger partial charge on any atom is 0.224 e. The van der Waals surface area contributed by atoms with Crippen molar-refractivity contribution in [2.75, 3.05) is 19.7 Å². The van der Waals surface area contributed by atoms with Gasteiger partial charge in [0, 0.05) is 19.0 Å². The van der Waals surface area contributed by atoms with E-state index in [4.69, 9.17) is 10.5 Å². The van der Waals surface area contributed by atoms with Crippen molar-refractivity contribution in [3.05, 3.63) is 71.5 Å². The van der Waals surface area contributed by atoms with Crippen molar-refractivity contribution < 1.29 is 13.9 Å². The Morgan fingerprint density at radius 2 is 2.00 bits per heavy atom. The van der Waals surface area contributed by atoms with Gasteiger partial charge in [-0.2, -0.15) is 0 Å². The third-order valence-electron chi connectivity index (χ3n) is 4.26. The first-order valence-electron chi connectivity index (χ1n) is 8.09. The van der Waals surface area contributed by atoms with Crippen molar-refractivity contribution >= 4 is 18.3 Å². The molecule has 0 spiro atoms. The van der Waals surface area contributed by atoms with E-state index in [0.29, 0.717) is 19.7 Å². The van der Waals surface area contributed by atoms with Crippen molar-refractivity contribution in [1.29, 1.82) is 0 Å². The van der Waals surface area contributed by atoms with Gasteiger partial charge >= 0.3 is 0 Å². The molecule has 1 saturated heterocycles. The first kappa shape index (κ1) is 19.4. The van der Waals surface area contributed by atoms with Crippen LogP contribution < -0.4 is 5.73 Å². The van der Waals surface area contributed by atoms with Crippen LogP contribution in [0.4, 0.5) is 4.39 Å². The minimum atomic E-state index is -0.325. The fraction of sp³-hybridized carbons (Fsp3) is 0.316. The molecule has 1 amide bonds. The van der Waals surface area contributed by atoms with Crippen LogP contribution in [-0.4, -0.2) is 30.5 Å². The number of carbonyl (C=O) groups excluding carboxylic acids is 1.